The number of hydrogen-bond donors (Lipinski definition) is 2. The van der Waals surface area contributed by atoms with E-state index in [4.69, 9.17) is 10.2 Å². The minimum Gasteiger partial charge on any atom is -0.396 e. The van der Waals surface area contributed by atoms with Crippen molar-refractivity contribution in [3.05, 3.63) is 12.2 Å². The van der Waals surface area contributed by atoms with E-state index in [9.17, 15) is 0 Å². The summed E-state index contributed by atoms with van der Waals surface area (Å²) in [5.41, 5.74) is 0. The Morgan fingerprint density at radius 2 is 1.83 bits per heavy atom. The summed E-state index contributed by atoms with van der Waals surface area (Å²) in [5, 5.41) is 17.8. The summed E-state index contributed by atoms with van der Waals surface area (Å²) in [6, 6.07) is 0. The highest BCUT2D eigenvalue weighted by Crippen LogP contribution is 2.14. The molecule has 0 bridgehead atoms. The van der Waals surface area contributed by atoms with Gasteiger partial charge in [0.25, 0.3) is 0 Å². The lowest BCUT2D eigenvalue weighted by Crippen LogP contribution is -2.18. The van der Waals surface area contributed by atoms with Crippen LogP contribution in [-0.2, 0) is 0 Å². The average molecular weight is 172 g/mol. The molecule has 0 aliphatic heterocycles. The average Bonchev–Trinajstić information content (AvgIpc) is 2.11. The molecule has 12 heavy (non-hydrogen) atoms. The van der Waals surface area contributed by atoms with Gasteiger partial charge in [-0.3, -0.25) is 0 Å². The maximum Gasteiger partial charge on any atom is 0.0465 e. The lowest BCUT2D eigenvalue weighted by molar-refractivity contribution is 0.132. The van der Waals surface area contributed by atoms with Crippen LogP contribution in [0.15, 0.2) is 12.2 Å². The molecule has 0 fully saturated rings. The topological polar surface area (TPSA) is 40.5 Å². The molecule has 2 unspecified atom stereocenters. The van der Waals surface area contributed by atoms with Crippen LogP contribution in [0.4, 0.5) is 0 Å². The van der Waals surface area contributed by atoms with E-state index in [0.717, 1.165) is 12.8 Å². The van der Waals surface area contributed by atoms with Crippen molar-refractivity contribution in [2.45, 2.75) is 26.7 Å². The van der Waals surface area contributed by atoms with Crippen molar-refractivity contribution in [2.24, 2.45) is 11.8 Å². The summed E-state index contributed by atoms with van der Waals surface area (Å²) in [6.07, 6.45) is 6.07. The highest BCUT2D eigenvalue weighted by Gasteiger charge is 2.13. The summed E-state index contributed by atoms with van der Waals surface area (Å²) in [5.74, 6) is 0.398. The largest absolute Gasteiger partial charge is 0.396 e. The van der Waals surface area contributed by atoms with Gasteiger partial charge in [-0.25, -0.2) is 0 Å². The Labute approximate surface area is 74.9 Å². The molecule has 2 heteroatoms. The van der Waals surface area contributed by atoms with Gasteiger partial charge in [-0.15, -0.1) is 0 Å². The van der Waals surface area contributed by atoms with E-state index in [-0.39, 0.29) is 25.0 Å². The SMILES string of the molecule is CCC=CCC(CO)C(C)CO. The fourth-order valence-corrected chi connectivity index (χ4v) is 1.07. The molecule has 0 aliphatic rings. The minimum atomic E-state index is 0.158. The standard InChI is InChI=1S/C10H20O2/c1-3-4-5-6-10(8-12)9(2)7-11/h4-5,9-12H,3,6-8H2,1-2H3. The zero-order valence-electron chi connectivity index (χ0n) is 8.03. The highest BCUT2D eigenvalue weighted by atomic mass is 16.3. The summed E-state index contributed by atoms with van der Waals surface area (Å²) in [6.45, 7) is 4.36. The number of aliphatic hydroxyl groups excluding tert-OH is 2. The van der Waals surface area contributed by atoms with Gasteiger partial charge in [-0.1, -0.05) is 26.0 Å². The first-order valence-corrected chi connectivity index (χ1v) is 4.62. The molecule has 72 valence electrons. The summed E-state index contributed by atoms with van der Waals surface area (Å²) < 4.78 is 0. The molecular weight excluding hydrogens is 152 g/mol. The number of hydrogen-bond acceptors (Lipinski definition) is 2. The quantitative estimate of drug-likeness (QED) is 0.597. The van der Waals surface area contributed by atoms with E-state index >= 15 is 0 Å². The summed E-state index contributed by atoms with van der Waals surface area (Å²) >= 11 is 0. The Hall–Kier alpha value is -0.340. The number of allylic oxidation sites excluding steroid dienone is 2. The van der Waals surface area contributed by atoms with Gasteiger partial charge in [0.1, 0.15) is 0 Å². The van der Waals surface area contributed by atoms with E-state index in [2.05, 4.69) is 19.1 Å². The molecule has 2 N–H and O–H groups in total. The van der Waals surface area contributed by atoms with Crippen molar-refractivity contribution >= 4 is 0 Å². The van der Waals surface area contributed by atoms with Crippen molar-refractivity contribution in [3.8, 4) is 0 Å². The lowest BCUT2D eigenvalue weighted by Gasteiger charge is -2.17. The molecule has 0 aromatic rings. The Balaban J connectivity index is 3.74. The molecule has 0 radical (unpaired) electrons. The van der Waals surface area contributed by atoms with Crippen LogP contribution < -0.4 is 0 Å². The molecule has 0 aromatic carbocycles. The minimum absolute atomic E-state index is 0.158. The second kappa shape index (κ2) is 7.32. The first-order valence-electron chi connectivity index (χ1n) is 4.62. The van der Waals surface area contributed by atoms with E-state index < -0.39 is 0 Å². The molecule has 0 aliphatic carbocycles. The molecule has 2 atom stereocenters. The molecule has 0 heterocycles. The Morgan fingerprint density at radius 3 is 2.25 bits per heavy atom. The monoisotopic (exact) mass is 172 g/mol. The van der Waals surface area contributed by atoms with Crippen LogP contribution in [0.25, 0.3) is 0 Å². The Bertz CT molecular complexity index is 121. The van der Waals surface area contributed by atoms with Crippen molar-refractivity contribution < 1.29 is 10.2 Å². The van der Waals surface area contributed by atoms with Gasteiger partial charge in [-0.2, -0.15) is 0 Å². The number of rotatable bonds is 6. The molecule has 2 nitrogen and oxygen atoms in total. The number of aliphatic hydroxyl groups is 2. The van der Waals surface area contributed by atoms with Gasteiger partial charge in [0.2, 0.25) is 0 Å². The van der Waals surface area contributed by atoms with Crippen LogP contribution in [0, 0.1) is 11.8 Å². The summed E-state index contributed by atoms with van der Waals surface area (Å²) in [4.78, 5) is 0. The fourth-order valence-electron chi connectivity index (χ4n) is 1.07. The van der Waals surface area contributed by atoms with Gasteiger partial charge in [-0.05, 0) is 24.7 Å². The predicted molar refractivity (Wildman–Crippen MR) is 50.9 cm³/mol. The molecule has 0 saturated heterocycles. The smallest absolute Gasteiger partial charge is 0.0465 e. The van der Waals surface area contributed by atoms with E-state index in [0.29, 0.717) is 0 Å². The van der Waals surface area contributed by atoms with Crippen LogP contribution in [0.3, 0.4) is 0 Å². The Kier molecular flexibility index (Phi) is 7.11. The van der Waals surface area contributed by atoms with Crippen LogP contribution in [0.5, 0.6) is 0 Å². The fraction of sp³-hybridized carbons (Fsp3) is 0.800. The van der Waals surface area contributed by atoms with Gasteiger partial charge >= 0.3 is 0 Å². The van der Waals surface area contributed by atoms with Crippen LogP contribution in [0.2, 0.25) is 0 Å². The van der Waals surface area contributed by atoms with E-state index in [1.807, 2.05) is 6.92 Å². The zero-order chi connectivity index (χ0) is 9.40. The lowest BCUT2D eigenvalue weighted by atomic mass is 9.92. The predicted octanol–water partition coefficient (Wildman–Crippen LogP) is 1.58. The van der Waals surface area contributed by atoms with Gasteiger partial charge in [0.15, 0.2) is 0 Å². The van der Waals surface area contributed by atoms with Crippen LogP contribution >= 0.6 is 0 Å². The Morgan fingerprint density at radius 1 is 1.17 bits per heavy atom. The highest BCUT2D eigenvalue weighted by molar-refractivity contribution is 4.84. The first-order chi connectivity index (χ1) is 5.76. The molecule has 0 aromatic heterocycles. The van der Waals surface area contributed by atoms with Crippen molar-refractivity contribution in [1.82, 2.24) is 0 Å². The third-order valence-electron chi connectivity index (χ3n) is 2.17. The zero-order valence-corrected chi connectivity index (χ0v) is 8.03. The molecule has 0 rings (SSSR count). The second-order valence-electron chi connectivity index (χ2n) is 3.22. The second-order valence-corrected chi connectivity index (χ2v) is 3.22. The third kappa shape index (κ3) is 4.52. The van der Waals surface area contributed by atoms with Gasteiger partial charge in [0.05, 0.1) is 0 Å². The molecule has 0 amide bonds. The maximum absolute atomic E-state index is 8.98. The molecule has 0 spiro atoms. The van der Waals surface area contributed by atoms with Gasteiger partial charge < -0.3 is 10.2 Å². The first kappa shape index (κ1) is 11.7. The van der Waals surface area contributed by atoms with Gasteiger partial charge in [0, 0.05) is 13.2 Å². The van der Waals surface area contributed by atoms with Crippen molar-refractivity contribution in [2.75, 3.05) is 13.2 Å². The van der Waals surface area contributed by atoms with Crippen molar-refractivity contribution in [1.29, 1.82) is 0 Å². The normalized spacial score (nSPS) is 16.7. The van der Waals surface area contributed by atoms with E-state index in [1.165, 1.54) is 0 Å². The summed E-state index contributed by atoms with van der Waals surface area (Å²) in [7, 11) is 0. The maximum atomic E-state index is 8.98. The van der Waals surface area contributed by atoms with Crippen LogP contribution in [0.1, 0.15) is 26.7 Å². The molecule has 0 saturated carbocycles. The third-order valence-corrected chi connectivity index (χ3v) is 2.17. The van der Waals surface area contributed by atoms with Crippen LogP contribution in [-0.4, -0.2) is 23.4 Å². The molecular formula is C10H20O2. The van der Waals surface area contributed by atoms with E-state index in [1.54, 1.807) is 0 Å². The van der Waals surface area contributed by atoms with Crippen molar-refractivity contribution in [3.63, 3.8) is 0 Å².